The molecule has 1 rings (SSSR count). The van der Waals surface area contributed by atoms with E-state index in [4.69, 9.17) is 11.6 Å². The maximum atomic E-state index is 12.7. The molecule has 0 unspecified atom stereocenters. The van der Waals surface area contributed by atoms with Gasteiger partial charge in [-0.3, -0.25) is 4.79 Å². The molecule has 1 aromatic heterocycles. The molecule has 0 radical (unpaired) electrons. The number of esters is 1. The normalized spacial score (nSPS) is 10.6. The molecular formula is C9H8ClF2NO3. The summed E-state index contributed by atoms with van der Waals surface area (Å²) in [5.41, 5.74) is -1.91. The van der Waals surface area contributed by atoms with Gasteiger partial charge in [-0.25, -0.2) is 13.6 Å². The average Bonchev–Trinajstić information content (AvgIpc) is 2.26. The number of aromatic amines is 1. The molecule has 0 atom stereocenters. The van der Waals surface area contributed by atoms with E-state index in [0.717, 1.165) is 13.2 Å². The third kappa shape index (κ3) is 2.38. The molecule has 0 aliphatic heterocycles. The average molecular weight is 252 g/mol. The van der Waals surface area contributed by atoms with Gasteiger partial charge in [-0.15, -0.1) is 11.6 Å². The number of aromatic nitrogens is 1. The first-order chi connectivity index (χ1) is 7.51. The van der Waals surface area contributed by atoms with Crippen LogP contribution in [-0.4, -0.2) is 18.1 Å². The van der Waals surface area contributed by atoms with Crippen LogP contribution in [0.3, 0.4) is 0 Å². The summed E-state index contributed by atoms with van der Waals surface area (Å²) in [5, 5.41) is 0. The van der Waals surface area contributed by atoms with Crippen molar-refractivity contribution in [1.29, 1.82) is 0 Å². The molecule has 0 spiro atoms. The van der Waals surface area contributed by atoms with E-state index < -0.39 is 29.2 Å². The van der Waals surface area contributed by atoms with Crippen LogP contribution in [0.15, 0.2) is 10.9 Å². The van der Waals surface area contributed by atoms with Crippen molar-refractivity contribution >= 4 is 17.6 Å². The molecule has 0 fully saturated rings. The van der Waals surface area contributed by atoms with Crippen molar-refractivity contribution < 1.29 is 18.3 Å². The molecule has 0 aromatic carbocycles. The molecule has 1 heterocycles. The molecule has 0 amide bonds. The number of carbonyl (C=O) groups is 1. The van der Waals surface area contributed by atoms with Gasteiger partial charge in [0, 0.05) is 11.9 Å². The van der Waals surface area contributed by atoms with Crippen LogP contribution in [0.2, 0.25) is 0 Å². The molecule has 4 nitrogen and oxygen atoms in total. The standard InChI is InChI=1S/C9H8ClF2NO3/c1-16-9(15)7-6(8(11)12)4(3-10)2-5(14)13-7/h2,8H,3H2,1H3,(H,13,14). The summed E-state index contributed by atoms with van der Waals surface area (Å²) < 4.78 is 29.7. The lowest BCUT2D eigenvalue weighted by Crippen LogP contribution is -2.19. The highest BCUT2D eigenvalue weighted by atomic mass is 35.5. The molecule has 0 aliphatic carbocycles. The summed E-state index contributed by atoms with van der Waals surface area (Å²) in [6.07, 6.45) is -2.92. The third-order valence-electron chi connectivity index (χ3n) is 1.92. The first kappa shape index (κ1) is 12.6. The van der Waals surface area contributed by atoms with Crippen LogP contribution < -0.4 is 5.56 Å². The van der Waals surface area contributed by atoms with Crippen LogP contribution >= 0.6 is 11.6 Å². The second-order valence-corrected chi connectivity index (χ2v) is 3.14. The minimum atomic E-state index is -2.92. The number of hydrogen-bond acceptors (Lipinski definition) is 3. The number of halogens is 3. The molecule has 88 valence electrons. The second-order valence-electron chi connectivity index (χ2n) is 2.87. The van der Waals surface area contributed by atoms with E-state index in [9.17, 15) is 18.4 Å². The zero-order valence-corrected chi connectivity index (χ0v) is 8.98. The third-order valence-corrected chi connectivity index (χ3v) is 2.21. The van der Waals surface area contributed by atoms with Gasteiger partial charge in [-0.05, 0) is 5.56 Å². The highest BCUT2D eigenvalue weighted by molar-refractivity contribution is 6.17. The number of methoxy groups -OCH3 is 1. The minimum Gasteiger partial charge on any atom is -0.464 e. The molecule has 0 saturated heterocycles. The zero-order valence-electron chi connectivity index (χ0n) is 8.22. The Hall–Kier alpha value is -1.43. The number of carbonyl (C=O) groups excluding carboxylic acids is 1. The van der Waals surface area contributed by atoms with Crippen LogP contribution in [0.25, 0.3) is 0 Å². The van der Waals surface area contributed by atoms with Crippen molar-refractivity contribution in [3.05, 3.63) is 33.2 Å². The maximum absolute atomic E-state index is 12.7. The van der Waals surface area contributed by atoms with E-state index in [1.165, 1.54) is 0 Å². The van der Waals surface area contributed by atoms with Gasteiger partial charge < -0.3 is 9.72 Å². The number of alkyl halides is 3. The van der Waals surface area contributed by atoms with Gasteiger partial charge in [0.25, 0.3) is 6.43 Å². The highest BCUT2D eigenvalue weighted by Gasteiger charge is 2.23. The fourth-order valence-electron chi connectivity index (χ4n) is 1.25. The van der Waals surface area contributed by atoms with Gasteiger partial charge in [-0.2, -0.15) is 0 Å². The lowest BCUT2D eigenvalue weighted by atomic mass is 10.1. The second kappa shape index (κ2) is 5.07. The van der Waals surface area contributed by atoms with Gasteiger partial charge in [0.2, 0.25) is 5.56 Å². The van der Waals surface area contributed by atoms with E-state index in [2.05, 4.69) is 4.74 Å². The van der Waals surface area contributed by atoms with Gasteiger partial charge in [0.15, 0.2) is 0 Å². The molecule has 7 heteroatoms. The van der Waals surface area contributed by atoms with Crippen LogP contribution in [0.4, 0.5) is 8.78 Å². The number of pyridine rings is 1. The van der Waals surface area contributed by atoms with Crippen LogP contribution in [0, 0.1) is 0 Å². The predicted octanol–water partition coefficient (Wildman–Crippen LogP) is 1.84. The van der Waals surface area contributed by atoms with E-state index in [1.807, 2.05) is 4.98 Å². The van der Waals surface area contributed by atoms with Crippen LogP contribution in [-0.2, 0) is 10.6 Å². The molecule has 1 aromatic rings. The Morgan fingerprint density at radius 3 is 2.69 bits per heavy atom. The van der Waals surface area contributed by atoms with E-state index in [-0.39, 0.29) is 11.4 Å². The van der Waals surface area contributed by atoms with E-state index in [0.29, 0.717) is 0 Å². The van der Waals surface area contributed by atoms with Crippen molar-refractivity contribution in [3.8, 4) is 0 Å². The predicted molar refractivity (Wildman–Crippen MR) is 52.9 cm³/mol. The number of H-pyrrole nitrogens is 1. The molecule has 0 saturated carbocycles. The summed E-state index contributed by atoms with van der Waals surface area (Å²) in [7, 11) is 1.03. The fraction of sp³-hybridized carbons (Fsp3) is 0.333. The Morgan fingerprint density at radius 2 is 2.25 bits per heavy atom. The Morgan fingerprint density at radius 1 is 1.62 bits per heavy atom. The molecule has 0 bridgehead atoms. The Balaban J connectivity index is 3.50. The smallest absolute Gasteiger partial charge is 0.355 e. The monoisotopic (exact) mass is 251 g/mol. The lowest BCUT2D eigenvalue weighted by Gasteiger charge is -2.10. The van der Waals surface area contributed by atoms with Gasteiger partial charge in [0.05, 0.1) is 12.7 Å². The lowest BCUT2D eigenvalue weighted by molar-refractivity contribution is 0.0580. The Kier molecular flexibility index (Phi) is 4.00. The summed E-state index contributed by atoms with van der Waals surface area (Å²) in [6, 6.07) is 0.931. The maximum Gasteiger partial charge on any atom is 0.355 e. The van der Waals surface area contributed by atoms with Gasteiger partial charge in [0.1, 0.15) is 5.69 Å². The summed E-state index contributed by atoms with van der Waals surface area (Å²) in [4.78, 5) is 24.3. The molecular weight excluding hydrogens is 244 g/mol. The largest absolute Gasteiger partial charge is 0.464 e. The number of rotatable bonds is 3. The summed E-state index contributed by atoms with van der Waals surface area (Å²) in [6.45, 7) is 0. The Bertz CT molecular complexity index is 459. The van der Waals surface area contributed by atoms with Crippen molar-refractivity contribution in [3.63, 3.8) is 0 Å². The number of nitrogens with one attached hydrogen (secondary N) is 1. The van der Waals surface area contributed by atoms with Crippen molar-refractivity contribution in [2.24, 2.45) is 0 Å². The molecule has 0 aliphatic rings. The van der Waals surface area contributed by atoms with Gasteiger partial charge in [-0.1, -0.05) is 0 Å². The number of hydrogen-bond donors (Lipinski definition) is 1. The van der Waals surface area contributed by atoms with Crippen molar-refractivity contribution in [2.75, 3.05) is 7.11 Å². The van der Waals surface area contributed by atoms with E-state index in [1.54, 1.807) is 0 Å². The Labute approximate surface area is 94.2 Å². The fourth-order valence-corrected chi connectivity index (χ4v) is 1.47. The van der Waals surface area contributed by atoms with Crippen molar-refractivity contribution in [1.82, 2.24) is 4.98 Å². The van der Waals surface area contributed by atoms with Crippen LogP contribution in [0.5, 0.6) is 0 Å². The summed E-state index contributed by atoms with van der Waals surface area (Å²) >= 11 is 5.43. The van der Waals surface area contributed by atoms with Crippen molar-refractivity contribution in [2.45, 2.75) is 12.3 Å². The molecule has 1 N–H and O–H groups in total. The molecule has 16 heavy (non-hydrogen) atoms. The van der Waals surface area contributed by atoms with E-state index >= 15 is 0 Å². The first-order valence-corrected chi connectivity index (χ1v) is 4.73. The summed E-state index contributed by atoms with van der Waals surface area (Å²) in [5.74, 6) is -1.31. The zero-order chi connectivity index (χ0) is 12.3. The quantitative estimate of drug-likeness (QED) is 0.659. The van der Waals surface area contributed by atoms with Crippen LogP contribution in [0.1, 0.15) is 28.0 Å². The first-order valence-electron chi connectivity index (χ1n) is 4.19. The number of ether oxygens (including phenoxy) is 1. The SMILES string of the molecule is COC(=O)c1[nH]c(=O)cc(CCl)c1C(F)F. The van der Waals surface area contributed by atoms with Gasteiger partial charge >= 0.3 is 5.97 Å². The topological polar surface area (TPSA) is 59.2 Å². The highest BCUT2D eigenvalue weighted by Crippen LogP contribution is 2.26. The minimum absolute atomic E-state index is 0.0826.